The van der Waals surface area contributed by atoms with Crippen LogP contribution in [0.2, 0.25) is 0 Å². The van der Waals surface area contributed by atoms with Gasteiger partial charge < -0.3 is 4.74 Å². The quantitative estimate of drug-likeness (QED) is 0.549. The number of carbonyl (C=O) groups is 1. The van der Waals surface area contributed by atoms with Crippen molar-refractivity contribution in [1.82, 2.24) is 0 Å². The van der Waals surface area contributed by atoms with Gasteiger partial charge in [0.15, 0.2) is 0 Å². The highest BCUT2D eigenvalue weighted by Gasteiger charge is 2.05. The number of carbonyl (C=O) groups excluding carboxylic acids is 1. The van der Waals surface area contributed by atoms with E-state index >= 15 is 0 Å². The number of rotatable bonds is 5. The smallest absolute Gasteiger partial charge is 0.306 e. The van der Waals surface area contributed by atoms with Crippen molar-refractivity contribution >= 4 is 5.97 Å². The first-order chi connectivity index (χ1) is 7.24. The van der Waals surface area contributed by atoms with E-state index in [0.29, 0.717) is 12.0 Å². The minimum absolute atomic E-state index is 0.189. The van der Waals surface area contributed by atoms with Gasteiger partial charge in [0.2, 0.25) is 0 Å². The van der Waals surface area contributed by atoms with E-state index in [1.165, 1.54) is 12.1 Å². The molecule has 0 aliphatic heterocycles. The summed E-state index contributed by atoms with van der Waals surface area (Å²) < 4.78 is 17.9. The van der Waals surface area contributed by atoms with Crippen LogP contribution in [-0.4, -0.2) is 12.6 Å². The first-order valence-corrected chi connectivity index (χ1v) is 4.74. The van der Waals surface area contributed by atoms with Crippen molar-refractivity contribution in [3.8, 4) is 0 Å². The number of hydrogen-bond donors (Lipinski definition) is 0. The normalized spacial score (nSPS) is 9.67. The van der Waals surface area contributed by atoms with Crippen LogP contribution in [0.15, 0.2) is 36.9 Å². The number of aryl methyl sites for hydroxylation is 1. The molecule has 0 aliphatic carbocycles. The van der Waals surface area contributed by atoms with Gasteiger partial charge in [0.05, 0.1) is 0 Å². The summed E-state index contributed by atoms with van der Waals surface area (Å²) in [7, 11) is 0. The largest absolute Gasteiger partial charge is 0.461 e. The number of benzene rings is 1. The van der Waals surface area contributed by atoms with Gasteiger partial charge in [-0.1, -0.05) is 30.9 Å². The van der Waals surface area contributed by atoms with Gasteiger partial charge in [-0.15, -0.1) is 0 Å². The molecule has 0 unspecified atom stereocenters. The highest BCUT2D eigenvalue weighted by molar-refractivity contribution is 5.69. The Morgan fingerprint density at radius 3 is 2.87 bits per heavy atom. The van der Waals surface area contributed by atoms with Gasteiger partial charge in [-0.05, 0) is 18.1 Å². The monoisotopic (exact) mass is 208 g/mol. The van der Waals surface area contributed by atoms with Crippen LogP contribution >= 0.6 is 0 Å². The summed E-state index contributed by atoms with van der Waals surface area (Å²) >= 11 is 0. The Labute approximate surface area is 88.4 Å². The van der Waals surface area contributed by atoms with Crippen LogP contribution in [-0.2, 0) is 16.0 Å². The van der Waals surface area contributed by atoms with Crippen LogP contribution in [0.1, 0.15) is 12.0 Å². The van der Waals surface area contributed by atoms with E-state index in [1.807, 2.05) is 0 Å². The van der Waals surface area contributed by atoms with E-state index in [4.69, 9.17) is 4.74 Å². The molecule has 0 aromatic heterocycles. The van der Waals surface area contributed by atoms with E-state index in [9.17, 15) is 9.18 Å². The lowest BCUT2D eigenvalue weighted by Crippen LogP contribution is -2.06. The molecule has 80 valence electrons. The topological polar surface area (TPSA) is 26.3 Å². The molecule has 0 fully saturated rings. The molecule has 1 aromatic rings. The lowest BCUT2D eigenvalue weighted by atomic mass is 10.1. The van der Waals surface area contributed by atoms with Crippen LogP contribution < -0.4 is 0 Å². The van der Waals surface area contributed by atoms with Crippen molar-refractivity contribution in [2.24, 2.45) is 0 Å². The fourth-order valence-electron chi connectivity index (χ4n) is 1.16. The molecule has 15 heavy (non-hydrogen) atoms. The second-order valence-electron chi connectivity index (χ2n) is 3.06. The van der Waals surface area contributed by atoms with E-state index in [0.717, 1.165) is 0 Å². The predicted octanol–water partition coefficient (Wildman–Crippen LogP) is 2.49. The SMILES string of the molecule is C=CCOC(=O)CCc1ccccc1F. The summed E-state index contributed by atoms with van der Waals surface area (Å²) in [6.07, 6.45) is 2.05. The molecule has 0 amide bonds. The molecule has 1 aromatic carbocycles. The molecule has 2 nitrogen and oxygen atoms in total. The standard InChI is InChI=1S/C12H13FO2/c1-2-9-15-12(14)8-7-10-5-3-4-6-11(10)13/h2-6H,1,7-9H2. The Hall–Kier alpha value is -1.64. The summed E-state index contributed by atoms with van der Waals surface area (Å²) in [5.74, 6) is -0.618. The molecule has 1 rings (SSSR count). The number of ether oxygens (including phenoxy) is 1. The summed E-state index contributed by atoms with van der Waals surface area (Å²) in [5, 5.41) is 0. The van der Waals surface area contributed by atoms with E-state index in [-0.39, 0.29) is 24.8 Å². The van der Waals surface area contributed by atoms with Crippen molar-refractivity contribution < 1.29 is 13.9 Å². The molecule has 0 heterocycles. The number of hydrogen-bond acceptors (Lipinski definition) is 2. The summed E-state index contributed by atoms with van der Waals surface area (Å²) in [6, 6.07) is 6.41. The fraction of sp³-hybridized carbons (Fsp3) is 0.250. The molecule has 0 N–H and O–H groups in total. The van der Waals surface area contributed by atoms with Crippen LogP contribution in [0.3, 0.4) is 0 Å². The van der Waals surface area contributed by atoms with Crippen LogP contribution in [0.4, 0.5) is 4.39 Å². The first-order valence-electron chi connectivity index (χ1n) is 4.74. The van der Waals surface area contributed by atoms with Crippen LogP contribution in [0.25, 0.3) is 0 Å². The van der Waals surface area contributed by atoms with Gasteiger partial charge in [0, 0.05) is 6.42 Å². The molecule has 0 bridgehead atoms. The summed E-state index contributed by atoms with van der Waals surface area (Å²) in [6.45, 7) is 3.63. The number of halogens is 1. The Morgan fingerprint density at radius 2 is 2.20 bits per heavy atom. The lowest BCUT2D eigenvalue weighted by molar-refractivity contribution is -0.142. The molecule has 0 saturated heterocycles. The summed E-state index contributed by atoms with van der Waals surface area (Å²) in [5.41, 5.74) is 0.535. The zero-order valence-electron chi connectivity index (χ0n) is 8.41. The van der Waals surface area contributed by atoms with E-state index < -0.39 is 0 Å². The molecule has 0 aliphatic rings. The molecular formula is C12H13FO2. The Kier molecular flexibility index (Phi) is 4.54. The minimum Gasteiger partial charge on any atom is -0.461 e. The Balaban J connectivity index is 2.40. The van der Waals surface area contributed by atoms with Crippen molar-refractivity contribution in [2.75, 3.05) is 6.61 Å². The maximum Gasteiger partial charge on any atom is 0.306 e. The Bertz CT molecular complexity index is 347. The molecule has 3 heteroatoms. The van der Waals surface area contributed by atoms with E-state index in [1.54, 1.807) is 18.2 Å². The van der Waals surface area contributed by atoms with E-state index in [2.05, 4.69) is 6.58 Å². The van der Waals surface area contributed by atoms with Crippen molar-refractivity contribution in [1.29, 1.82) is 0 Å². The van der Waals surface area contributed by atoms with Gasteiger partial charge in [-0.3, -0.25) is 4.79 Å². The third-order valence-corrected chi connectivity index (χ3v) is 1.92. The highest BCUT2D eigenvalue weighted by atomic mass is 19.1. The van der Waals surface area contributed by atoms with Crippen molar-refractivity contribution in [3.63, 3.8) is 0 Å². The van der Waals surface area contributed by atoms with Gasteiger partial charge in [0.1, 0.15) is 12.4 Å². The lowest BCUT2D eigenvalue weighted by Gasteiger charge is -2.03. The average molecular weight is 208 g/mol. The number of esters is 1. The Morgan fingerprint density at radius 1 is 1.47 bits per heavy atom. The van der Waals surface area contributed by atoms with Crippen LogP contribution in [0.5, 0.6) is 0 Å². The molecule has 0 spiro atoms. The zero-order chi connectivity index (χ0) is 11.1. The maximum atomic E-state index is 13.1. The molecule has 0 atom stereocenters. The second-order valence-corrected chi connectivity index (χ2v) is 3.06. The first kappa shape index (κ1) is 11.4. The molecule has 0 saturated carbocycles. The zero-order valence-corrected chi connectivity index (χ0v) is 8.41. The third kappa shape index (κ3) is 3.94. The van der Waals surface area contributed by atoms with Crippen molar-refractivity contribution in [3.05, 3.63) is 48.3 Å². The van der Waals surface area contributed by atoms with Gasteiger partial charge in [-0.2, -0.15) is 0 Å². The van der Waals surface area contributed by atoms with Gasteiger partial charge >= 0.3 is 5.97 Å². The van der Waals surface area contributed by atoms with Gasteiger partial charge in [0.25, 0.3) is 0 Å². The van der Waals surface area contributed by atoms with Gasteiger partial charge in [-0.25, -0.2) is 4.39 Å². The van der Waals surface area contributed by atoms with Crippen LogP contribution in [0, 0.1) is 5.82 Å². The maximum absolute atomic E-state index is 13.1. The average Bonchev–Trinajstić information content (AvgIpc) is 2.25. The fourth-order valence-corrected chi connectivity index (χ4v) is 1.16. The summed E-state index contributed by atoms with van der Waals surface area (Å²) in [4.78, 5) is 11.1. The minimum atomic E-state index is -0.335. The molecule has 0 radical (unpaired) electrons. The highest BCUT2D eigenvalue weighted by Crippen LogP contribution is 2.09. The molecular weight excluding hydrogens is 195 g/mol. The predicted molar refractivity (Wildman–Crippen MR) is 55.9 cm³/mol. The van der Waals surface area contributed by atoms with Crippen molar-refractivity contribution in [2.45, 2.75) is 12.8 Å². The third-order valence-electron chi connectivity index (χ3n) is 1.92. The second kappa shape index (κ2) is 5.96.